The van der Waals surface area contributed by atoms with Gasteiger partial charge in [-0.05, 0) is 43.9 Å². The van der Waals surface area contributed by atoms with E-state index in [1.54, 1.807) is 0 Å². The van der Waals surface area contributed by atoms with Crippen molar-refractivity contribution in [2.24, 2.45) is 13.0 Å². The highest BCUT2D eigenvalue weighted by molar-refractivity contribution is 5.05. The second-order valence-corrected chi connectivity index (χ2v) is 4.93. The summed E-state index contributed by atoms with van der Waals surface area (Å²) in [5.74, 6) is 0.656. The van der Waals surface area contributed by atoms with Crippen LogP contribution in [-0.4, -0.2) is 22.3 Å². The van der Waals surface area contributed by atoms with Crippen LogP contribution in [0.1, 0.15) is 31.4 Å². The maximum atomic E-state index is 9.58. The third-order valence-electron chi connectivity index (χ3n) is 3.55. The van der Waals surface area contributed by atoms with E-state index in [1.807, 2.05) is 0 Å². The fourth-order valence-corrected chi connectivity index (χ4v) is 2.53. The predicted octanol–water partition coefficient (Wildman–Crippen LogP) is 1.67. The summed E-state index contributed by atoms with van der Waals surface area (Å²) in [6.07, 6.45) is 6.42. The normalized spacial score (nSPS) is 25.9. The molecule has 1 heterocycles. The van der Waals surface area contributed by atoms with Gasteiger partial charge in [-0.25, -0.2) is 0 Å². The van der Waals surface area contributed by atoms with Crippen LogP contribution >= 0.6 is 0 Å². The number of hydrogen-bond donors (Lipinski definition) is 2. The summed E-state index contributed by atoms with van der Waals surface area (Å²) in [6.45, 7) is 1.96. The lowest BCUT2D eigenvalue weighted by atomic mass is 9.87. The van der Waals surface area contributed by atoms with Gasteiger partial charge in [0.1, 0.15) is 0 Å². The monoisotopic (exact) mass is 222 g/mol. The number of rotatable bonds is 4. The fraction of sp³-hybridized carbons (Fsp3) is 0.692. The van der Waals surface area contributed by atoms with Gasteiger partial charge in [0.2, 0.25) is 0 Å². The van der Waals surface area contributed by atoms with Gasteiger partial charge in [-0.15, -0.1) is 0 Å². The molecule has 0 amide bonds. The highest BCUT2D eigenvalue weighted by Gasteiger charge is 2.19. The second kappa shape index (κ2) is 5.51. The molecule has 0 radical (unpaired) electrons. The van der Waals surface area contributed by atoms with Gasteiger partial charge in [0.25, 0.3) is 0 Å². The van der Waals surface area contributed by atoms with Crippen molar-refractivity contribution >= 4 is 0 Å². The number of aryl methyl sites for hydroxylation is 1. The van der Waals surface area contributed by atoms with Crippen LogP contribution in [0.25, 0.3) is 0 Å². The zero-order valence-electron chi connectivity index (χ0n) is 10.0. The Morgan fingerprint density at radius 2 is 2.38 bits per heavy atom. The summed E-state index contributed by atoms with van der Waals surface area (Å²) in [5, 5.41) is 13.1. The summed E-state index contributed by atoms with van der Waals surface area (Å²) < 4.78 is 2.14. The lowest BCUT2D eigenvalue weighted by molar-refractivity contribution is 0.100. The van der Waals surface area contributed by atoms with Crippen molar-refractivity contribution in [3.8, 4) is 0 Å². The van der Waals surface area contributed by atoms with Crippen LogP contribution in [0.2, 0.25) is 0 Å². The van der Waals surface area contributed by atoms with E-state index in [0.717, 1.165) is 25.9 Å². The lowest BCUT2D eigenvalue weighted by Crippen LogP contribution is -2.29. The topological polar surface area (TPSA) is 37.2 Å². The Kier molecular flexibility index (Phi) is 4.02. The van der Waals surface area contributed by atoms with Crippen molar-refractivity contribution in [3.63, 3.8) is 0 Å². The van der Waals surface area contributed by atoms with Crippen LogP contribution in [0.3, 0.4) is 0 Å². The highest BCUT2D eigenvalue weighted by Crippen LogP contribution is 2.23. The fourth-order valence-electron chi connectivity index (χ4n) is 2.53. The quantitative estimate of drug-likeness (QED) is 0.813. The maximum Gasteiger partial charge on any atom is 0.0543 e. The van der Waals surface area contributed by atoms with Gasteiger partial charge in [0, 0.05) is 25.5 Å². The minimum Gasteiger partial charge on any atom is -0.393 e. The molecule has 0 aromatic carbocycles. The van der Waals surface area contributed by atoms with Crippen LogP contribution in [0, 0.1) is 5.92 Å². The molecule has 2 unspecified atom stereocenters. The molecular formula is C13H22N2O. The zero-order valence-corrected chi connectivity index (χ0v) is 10.0. The molecule has 3 nitrogen and oxygen atoms in total. The summed E-state index contributed by atoms with van der Waals surface area (Å²) in [7, 11) is 2.07. The maximum absolute atomic E-state index is 9.58. The first-order valence-electron chi connectivity index (χ1n) is 6.24. The molecule has 2 atom stereocenters. The van der Waals surface area contributed by atoms with E-state index >= 15 is 0 Å². The van der Waals surface area contributed by atoms with Gasteiger partial charge < -0.3 is 15.0 Å². The number of aromatic nitrogens is 1. The number of nitrogens with one attached hydrogen (secondary N) is 1. The smallest absolute Gasteiger partial charge is 0.0543 e. The molecule has 2 N–H and O–H groups in total. The van der Waals surface area contributed by atoms with Crippen molar-refractivity contribution in [3.05, 3.63) is 24.0 Å². The molecule has 1 aliphatic carbocycles. The minimum atomic E-state index is -0.0596. The first kappa shape index (κ1) is 11.7. The highest BCUT2D eigenvalue weighted by atomic mass is 16.3. The Morgan fingerprint density at radius 1 is 1.50 bits per heavy atom. The molecule has 90 valence electrons. The van der Waals surface area contributed by atoms with E-state index < -0.39 is 0 Å². The van der Waals surface area contributed by atoms with E-state index in [-0.39, 0.29) is 6.10 Å². The third kappa shape index (κ3) is 3.09. The van der Waals surface area contributed by atoms with Gasteiger partial charge >= 0.3 is 0 Å². The minimum absolute atomic E-state index is 0.0596. The average Bonchev–Trinajstić information content (AvgIpc) is 2.65. The molecule has 0 aliphatic heterocycles. The largest absolute Gasteiger partial charge is 0.393 e. The van der Waals surface area contributed by atoms with E-state index in [0.29, 0.717) is 5.92 Å². The molecule has 0 saturated heterocycles. The first-order valence-corrected chi connectivity index (χ1v) is 6.24. The second-order valence-electron chi connectivity index (χ2n) is 4.93. The average molecular weight is 222 g/mol. The summed E-state index contributed by atoms with van der Waals surface area (Å²) in [5.41, 5.74) is 1.32. The molecule has 1 saturated carbocycles. The van der Waals surface area contributed by atoms with Crippen molar-refractivity contribution in [2.75, 3.05) is 6.54 Å². The Balaban J connectivity index is 1.70. The van der Waals surface area contributed by atoms with E-state index in [9.17, 15) is 5.11 Å². The molecule has 2 rings (SSSR count). The van der Waals surface area contributed by atoms with E-state index in [1.165, 1.54) is 18.5 Å². The zero-order chi connectivity index (χ0) is 11.4. The lowest BCUT2D eigenvalue weighted by Gasteiger charge is -2.26. The Morgan fingerprint density at radius 3 is 3.06 bits per heavy atom. The summed E-state index contributed by atoms with van der Waals surface area (Å²) in [6, 6.07) is 4.21. The summed E-state index contributed by atoms with van der Waals surface area (Å²) in [4.78, 5) is 0. The molecule has 0 bridgehead atoms. The SMILES string of the molecule is Cn1cccc1CNCC1CCCC(O)C1. The number of hydrogen-bond acceptors (Lipinski definition) is 2. The van der Waals surface area contributed by atoms with Gasteiger partial charge in [-0.1, -0.05) is 6.42 Å². The van der Waals surface area contributed by atoms with E-state index in [4.69, 9.17) is 0 Å². The van der Waals surface area contributed by atoms with Crippen molar-refractivity contribution in [2.45, 2.75) is 38.3 Å². The standard InChI is InChI=1S/C13H22N2O/c1-15-7-3-5-12(15)10-14-9-11-4-2-6-13(16)8-11/h3,5,7,11,13-14,16H,2,4,6,8-10H2,1H3. The molecule has 1 aromatic heterocycles. The van der Waals surface area contributed by atoms with E-state index in [2.05, 4.69) is 35.3 Å². The van der Waals surface area contributed by atoms with Crippen LogP contribution in [0.4, 0.5) is 0 Å². The molecule has 1 aromatic rings. The van der Waals surface area contributed by atoms with Crippen molar-refractivity contribution in [1.82, 2.24) is 9.88 Å². The molecular weight excluding hydrogens is 200 g/mol. The molecule has 16 heavy (non-hydrogen) atoms. The van der Waals surface area contributed by atoms with Gasteiger partial charge in [0.15, 0.2) is 0 Å². The Labute approximate surface area is 97.5 Å². The molecule has 1 aliphatic rings. The Hall–Kier alpha value is -0.800. The molecule has 0 spiro atoms. The van der Waals surface area contributed by atoms with Gasteiger partial charge in [-0.2, -0.15) is 0 Å². The summed E-state index contributed by atoms with van der Waals surface area (Å²) >= 11 is 0. The number of nitrogens with zero attached hydrogens (tertiary/aromatic N) is 1. The molecule has 3 heteroatoms. The van der Waals surface area contributed by atoms with Crippen molar-refractivity contribution in [1.29, 1.82) is 0 Å². The molecule has 1 fully saturated rings. The van der Waals surface area contributed by atoms with Crippen LogP contribution in [0.15, 0.2) is 18.3 Å². The van der Waals surface area contributed by atoms with Crippen LogP contribution in [0.5, 0.6) is 0 Å². The first-order chi connectivity index (χ1) is 7.75. The Bertz CT molecular complexity index is 321. The van der Waals surface area contributed by atoms with Crippen molar-refractivity contribution < 1.29 is 5.11 Å². The van der Waals surface area contributed by atoms with Crippen LogP contribution < -0.4 is 5.32 Å². The predicted molar refractivity (Wildman–Crippen MR) is 65.1 cm³/mol. The van der Waals surface area contributed by atoms with Gasteiger partial charge in [-0.3, -0.25) is 0 Å². The van der Waals surface area contributed by atoms with Crippen LogP contribution in [-0.2, 0) is 13.6 Å². The number of aliphatic hydroxyl groups is 1. The third-order valence-corrected chi connectivity index (χ3v) is 3.55. The number of aliphatic hydroxyl groups excluding tert-OH is 1. The van der Waals surface area contributed by atoms with Gasteiger partial charge in [0.05, 0.1) is 6.10 Å².